The number of carbonyl (C=O) groups is 1. The van der Waals surface area contributed by atoms with Gasteiger partial charge in [-0.25, -0.2) is 4.09 Å². The summed E-state index contributed by atoms with van der Waals surface area (Å²) < 4.78 is 6.96. The molecule has 0 spiro atoms. The second-order valence-corrected chi connectivity index (χ2v) is 5.08. The monoisotopic (exact) mass is 310 g/mol. The number of hydrogen-bond donors (Lipinski definition) is 1. The molecule has 1 heterocycles. The standard InChI is InChI=1S/C14H15ClN2O2S/c1-2-4-10-5-3-6-11(14(15)18)12(10)9-19-13-7-8-17(20)16-13/h3,5-8,20H,2,4,9H2,1H3. The molecule has 0 aliphatic rings. The summed E-state index contributed by atoms with van der Waals surface area (Å²) in [7, 11) is 0. The number of hydrogen-bond acceptors (Lipinski definition) is 4. The van der Waals surface area contributed by atoms with E-state index in [-0.39, 0.29) is 6.61 Å². The van der Waals surface area contributed by atoms with Gasteiger partial charge in [0.1, 0.15) is 6.61 Å². The number of rotatable bonds is 6. The van der Waals surface area contributed by atoms with Crippen LogP contribution in [-0.2, 0) is 13.0 Å². The fraction of sp³-hybridized carbons (Fsp3) is 0.286. The third-order valence-corrected chi connectivity index (χ3v) is 3.35. The van der Waals surface area contributed by atoms with E-state index in [1.807, 2.05) is 12.1 Å². The highest BCUT2D eigenvalue weighted by Crippen LogP contribution is 2.21. The highest BCUT2D eigenvalue weighted by molar-refractivity contribution is 7.78. The maximum absolute atomic E-state index is 11.5. The Labute approximate surface area is 128 Å². The Hall–Kier alpha value is -1.46. The van der Waals surface area contributed by atoms with Gasteiger partial charge in [-0.15, -0.1) is 5.10 Å². The lowest BCUT2D eigenvalue weighted by Crippen LogP contribution is -2.07. The Morgan fingerprint density at radius 3 is 2.85 bits per heavy atom. The van der Waals surface area contributed by atoms with Crippen molar-refractivity contribution in [3.05, 3.63) is 47.2 Å². The van der Waals surface area contributed by atoms with Gasteiger partial charge in [-0.05, 0) is 42.5 Å². The molecular formula is C14H15ClN2O2S. The molecule has 0 saturated carbocycles. The number of halogens is 1. The van der Waals surface area contributed by atoms with Crippen LogP contribution in [0, 0.1) is 0 Å². The van der Waals surface area contributed by atoms with Gasteiger partial charge in [-0.3, -0.25) is 4.79 Å². The predicted molar refractivity (Wildman–Crippen MR) is 81.6 cm³/mol. The molecule has 2 aromatic rings. The molecule has 0 aliphatic heterocycles. The Balaban J connectivity index is 2.25. The molecule has 1 aromatic carbocycles. The van der Waals surface area contributed by atoms with Crippen LogP contribution in [0.5, 0.6) is 5.88 Å². The highest BCUT2D eigenvalue weighted by atomic mass is 35.5. The van der Waals surface area contributed by atoms with Crippen LogP contribution in [0.1, 0.15) is 34.8 Å². The van der Waals surface area contributed by atoms with Crippen LogP contribution in [0.2, 0.25) is 0 Å². The van der Waals surface area contributed by atoms with Gasteiger partial charge in [-0.2, -0.15) is 0 Å². The van der Waals surface area contributed by atoms with Crippen molar-refractivity contribution in [3.63, 3.8) is 0 Å². The number of benzene rings is 1. The van der Waals surface area contributed by atoms with Gasteiger partial charge in [0.2, 0.25) is 5.88 Å². The predicted octanol–water partition coefficient (Wildman–Crippen LogP) is 3.49. The third kappa shape index (κ3) is 3.55. The van der Waals surface area contributed by atoms with Crippen molar-refractivity contribution in [2.24, 2.45) is 0 Å². The van der Waals surface area contributed by atoms with Gasteiger partial charge in [0, 0.05) is 23.4 Å². The van der Waals surface area contributed by atoms with Gasteiger partial charge >= 0.3 is 0 Å². The van der Waals surface area contributed by atoms with Gasteiger partial charge in [0.05, 0.1) is 0 Å². The molecule has 0 amide bonds. The maximum atomic E-state index is 11.5. The molecule has 0 unspecified atom stereocenters. The van der Waals surface area contributed by atoms with Crippen LogP contribution in [0.4, 0.5) is 0 Å². The number of ether oxygens (including phenoxy) is 1. The van der Waals surface area contributed by atoms with E-state index in [0.29, 0.717) is 11.4 Å². The summed E-state index contributed by atoms with van der Waals surface area (Å²) in [5, 5.41) is 3.55. The second-order valence-electron chi connectivity index (χ2n) is 4.33. The first-order valence-electron chi connectivity index (χ1n) is 6.30. The van der Waals surface area contributed by atoms with Crippen molar-refractivity contribution in [1.82, 2.24) is 9.19 Å². The number of aromatic nitrogens is 2. The second kappa shape index (κ2) is 6.81. The summed E-state index contributed by atoms with van der Waals surface area (Å²) in [5.41, 5.74) is 2.38. The largest absolute Gasteiger partial charge is 0.472 e. The van der Waals surface area contributed by atoms with Gasteiger partial charge in [-0.1, -0.05) is 25.5 Å². The fourth-order valence-electron chi connectivity index (χ4n) is 2.01. The van der Waals surface area contributed by atoms with E-state index in [1.165, 1.54) is 4.09 Å². The van der Waals surface area contributed by atoms with Crippen LogP contribution in [-0.4, -0.2) is 14.4 Å². The summed E-state index contributed by atoms with van der Waals surface area (Å²) >= 11 is 9.68. The van der Waals surface area contributed by atoms with Gasteiger partial charge in [0.25, 0.3) is 5.24 Å². The lowest BCUT2D eigenvalue weighted by molar-refractivity contribution is 0.107. The Bertz CT molecular complexity index is 613. The summed E-state index contributed by atoms with van der Waals surface area (Å²) in [5.74, 6) is 0.458. The first-order valence-corrected chi connectivity index (χ1v) is 7.08. The molecule has 0 radical (unpaired) electrons. The first kappa shape index (κ1) is 14.9. The molecule has 20 heavy (non-hydrogen) atoms. The summed E-state index contributed by atoms with van der Waals surface area (Å²) in [6.45, 7) is 2.34. The van der Waals surface area contributed by atoms with Crippen molar-refractivity contribution in [3.8, 4) is 5.88 Å². The molecule has 0 fully saturated rings. The lowest BCUT2D eigenvalue weighted by atomic mass is 9.99. The lowest BCUT2D eigenvalue weighted by Gasteiger charge is -2.12. The number of aryl methyl sites for hydroxylation is 1. The molecule has 0 saturated heterocycles. The molecule has 0 N–H and O–H groups in total. The van der Waals surface area contributed by atoms with Gasteiger partial charge in [0.15, 0.2) is 0 Å². The van der Waals surface area contributed by atoms with E-state index in [2.05, 4.69) is 24.8 Å². The number of carbonyl (C=O) groups excluding carboxylic acids is 1. The fourth-order valence-corrected chi connectivity index (χ4v) is 2.35. The summed E-state index contributed by atoms with van der Waals surface area (Å²) in [6, 6.07) is 7.25. The summed E-state index contributed by atoms with van der Waals surface area (Å²) in [6.07, 6.45) is 3.53. The first-order chi connectivity index (χ1) is 9.61. The van der Waals surface area contributed by atoms with E-state index in [0.717, 1.165) is 24.0 Å². The van der Waals surface area contributed by atoms with E-state index in [9.17, 15) is 4.79 Å². The van der Waals surface area contributed by atoms with E-state index in [4.69, 9.17) is 16.3 Å². The van der Waals surface area contributed by atoms with Crippen molar-refractivity contribution < 1.29 is 9.53 Å². The number of nitrogens with zero attached hydrogens (tertiary/aromatic N) is 2. The smallest absolute Gasteiger partial charge is 0.252 e. The Kier molecular flexibility index (Phi) is 5.09. The third-order valence-electron chi connectivity index (χ3n) is 2.92. The average molecular weight is 311 g/mol. The zero-order valence-electron chi connectivity index (χ0n) is 11.0. The van der Waals surface area contributed by atoms with E-state index in [1.54, 1.807) is 18.3 Å². The van der Waals surface area contributed by atoms with Crippen molar-refractivity contribution >= 4 is 29.7 Å². The highest BCUT2D eigenvalue weighted by Gasteiger charge is 2.14. The van der Waals surface area contributed by atoms with E-state index >= 15 is 0 Å². The zero-order valence-corrected chi connectivity index (χ0v) is 12.7. The van der Waals surface area contributed by atoms with Crippen molar-refractivity contribution in [1.29, 1.82) is 0 Å². The SMILES string of the molecule is CCCc1cccc(C(=O)Cl)c1COc1ccn(S)n1. The zero-order chi connectivity index (χ0) is 14.5. The van der Waals surface area contributed by atoms with Crippen LogP contribution in [0.15, 0.2) is 30.5 Å². The number of thiol groups is 1. The molecule has 0 bridgehead atoms. The molecular weight excluding hydrogens is 296 g/mol. The molecule has 106 valence electrons. The minimum Gasteiger partial charge on any atom is -0.472 e. The van der Waals surface area contributed by atoms with Crippen LogP contribution >= 0.6 is 24.4 Å². The molecule has 0 aliphatic carbocycles. The van der Waals surface area contributed by atoms with Gasteiger partial charge < -0.3 is 4.74 Å². The Morgan fingerprint density at radius 1 is 1.45 bits per heavy atom. The average Bonchev–Trinajstić information content (AvgIpc) is 2.83. The molecule has 2 rings (SSSR count). The molecule has 6 heteroatoms. The minimum absolute atomic E-state index is 0.259. The van der Waals surface area contributed by atoms with Crippen molar-refractivity contribution in [2.75, 3.05) is 0 Å². The molecule has 0 atom stereocenters. The van der Waals surface area contributed by atoms with Crippen LogP contribution in [0.3, 0.4) is 0 Å². The molecule has 4 nitrogen and oxygen atoms in total. The van der Waals surface area contributed by atoms with Crippen molar-refractivity contribution in [2.45, 2.75) is 26.4 Å². The molecule has 1 aromatic heterocycles. The summed E-state index contributed by atoms with van der Waals surface area (Å²) in [4.78, 5) is 11.5. The maximum Gasteiger partial charge on any atom is 0.252 e. The van der Waals surface area contributed by atoms with Crippen LogP contribution in [0.25, 0.3) is 0 Å². The quantitative estimate of drug-likeness (QED) is 0.656. The minimum atomic E-state index is -0.471. The van der Waals surface area contributed by atoms with E-state index < -0.39 is 5.24 Å². The Morgan fingerprint density at radius 2 is 2.25 bits per heavy atom. The normalized spacial score (nSPS) is 10.6. The topological polar surface area (TPSA) is 44.1 Å². The van der Waals surface area contributed by atoms with Crippen LogP contribution < -0.4 is 4.74 Å².